The van der Waals surface area contributed by atoms with Crippen LogP contribution >= 0.6 is 11.8 Å². The summed E-state index contributed by atoms with van der Waals surface area (Å²) in [5.41, 5.74) is 2.14. The first-order valence-electron chi connectivity index (χ1n) is 8.10. The number of aliphatic imine (C=N–C) groups is 1. The largest absolute Gasteiger partial charge is 0.481 e. The first-order chi connectivity index (χ1) is 12.7. The van der Waals surface area contributed by atoms with Crippen molar-refractivity contribution < 1.29 is 13.7 Å². The van der Waals surface area contributed by atoms with Crippen LogP contribution in [0.5, 0.6) is 5.88 Å². The molecule has 3 heterocycles. The number of pyridine rings is 1. The molecule has 1 fully saturated rings. The van der Waals surface area contributed by atoms with Crippen molar-refractivity contribution in [3.8, 4) is 5.88 Å². The Hall–Kier alpha value is -2.61. The van der Waals surface area contributed by atoms with Crippen LogP contribution in [-0.4, -0.2) is 46.7 Å². The van der Waals surface area contributed by atoms with Crippen molar-refractivity contribution in [1.29, 1.82) is 0 Å². The van der Waals surface area contributed by atoms with E-state index in [1.807, 2.05) is 12.3 Å². The fourth-order valence-corrected chi connectivity index (χ4v) is 3.55. The molecule has 1 saturated heterocycles. The maximum atomic E-state index is 13.3. The third-order valence-corrected chi connectivity index (χ3v) is 5.05. The number of ether oxygens (including phenoxy) is 1. The number of likely N-dealkylation sites (tertiary alicyclic amines) is 1. The molecule has 0 bridgehead atoms. The van der Waals surface area contributed by atoms with Gasteiger partial charge in [0, 0.05) is 36.5 Å². The fraction of sp³-hybridized carbons (Fsp3) is 0.278. The van der Waals surface area contributed by atoms with E-state index in [2.05, 4.69) is 20.0 Å². The van der Waals surface area contributed by atoms with Gasteiger partial charge in [-0.1, -0.05) is 16.9 Å². The van der Waals surface area contributed by atoms with Crippen molar-refractivity contribution in [2.24, 2.45) is 4.99 Å². The number of fused-ring (bicyclic) bond motifs is 1. The lowest BCUT2D eigenvalue weighted by molar-refractivity contribution is 0.248. The summed E-state index contributed by atoms with van der Waals surface area (Å²) in [5.74, 6) is 0.487. The van der Waals surface area contributed by atoms with E-state index in [1.54, 1.807) is 37.2 Å². The molecule has 0 amide bonds. The molecular weight excluding hydrogens is 355 g/mol. The molecule has 0 N–H and O–H groups in total. The highest BCUT2D eigenvalue weighted by molar-refractivity contribution is 8.13. The summed E-state index contributed by atoms with van der Waals surface area (Å²) in [6, 6.07) is 8.19. The maximum Gasteiger partial charge on any atom is 0.213 e. The number of thioether (sulfide) groups is 1. The smallest absolute Gasteiger partial charge is 0.213 e. The average Bonchev–Trinajstić information content (AvgIpc) is 3.03. The van der Waals surface area contributed by atoms with Gasteiger partial charge < -0.3 is 14.2 Å². The van der Waals surface area contributed by atoms with Gasteiger partial charge in [-0.2, -0.15) is 0 Å². The maximum absolute atomic E-state index is 13.3. The molecule has 134 valence electrons. The van der Waals surface area contributed by atoms with Gasteiger partial charge >= 0.3 is 0 Å². The van der Waals surface area contributed by atoms with Crippen molar-refractivity contribution in [2.45, 2.75) is 5.92 Å². The number of hydrogen-bond acceptors (Lipinski definition) is 6. The summed E-state index contributed by atoms with van der Waals surface area (Å²) in [4.78, 5) is 11.0. The normalized spacial score (nSPS) is 15.3. The van der Waals surface area contributed by atoms with Crippen molar-refractivity contribution in [3.63, 3.8) is 0 Å². The topological polar surface area (TPSA) is 63.8 Å². The summed E-state index contributed by atoms with van der Waals surface area (Å²) in [6.45, 7) is 1.59. The number of aromatic nitrogens is 2. The van der Waals surface area contributed by atoms with Gasteiger partial charge in [0.05, 0.1) is 24.7 Å². The molecular formula is C18H17FN4O2S. The second kappa shape index (κ2) is 6.95. The van der Waals surface area contributed by atoms with E-state index in [1.165, 1.54) is 12.1 Å². The van der Waals surface area contributed by atoms with Crippen molar-refractivity contribution in [1.82, 2.24) is 15.0 Å². The molecule has 0 aliphatic carbocycles. The molecule has 8 heteroatoms. The molecule has 0 atom stereocenters. The molecule has 4 rings (SSSR count). The summed E-state index contributed by atoms with van der Waals surface area (Å²) >= 11 is 1.59. The Morgan fingerprint density at radius 2 is 2.19 bits per heavy atom. The van der Waals surface area contributed by atoms with Crippen molar-refractivity contribution >= 4 is 33.6 Å². The zero-order valence-electron chi connectivity index (χ0n) is 14.3. The number of rotatable bonds is 3. The number of hydrogen-bond donors (Lipinski definition) is 0. The summed E-state index contributed by atoms with van der Waals surface area (Å²) in [6.07, 6.45) is 3.68. The number of amidine groups is 1. The van der Waals surface area contributed by atoms with E-state index in [0.29, 0.717) is 11.5 Å². The van der Waals surface area contributed by atoms with E-state index >= 15 is 0 Å². The molecule has 1 aliphatic rings. The molecule has 6 nitrogen and oxygen atoms in total. The first kappa shape index (κ1) is 16.8. The van der Waals surface area contributed by atoms with Gasteiger partial charge in [0.2, 0.25) is 5.88 Å². The lowest BCUT2D eigenvalue weighted by atomic mass is 9.94. The van der Waals surface area contributed by atoms with E-state index in [9.17, 15) is 4.39 Å². The van der Waals surface area contributed by atoms with E-state index < -0.39 is 0 Å². The van der Waals surface area contributed by atoms with Crippen LogP contribution in [0, 0.1) is 5.82 Å². The highest BCUT2D eigenvalue weighted by atomic mass is 32.2. The Bertz CT molecular complexity index is 951. The molecule has 0 spiro atoms. The SMILES string of the molecule is COc1ccc(/N=C(/SC)N2CC(c3noc4cc(F)ccc34)C2)cn1. The van der Waals surface area contributed by atoms with Crippen LogP contribution in [0.1, 0.15) is 11.6 Å². The third-order valence-electron chi connectivity index (χ3n) is 4.34. The van der Waals surface area contributed by atoms with Crippen LogP contribution in [0.15, 0.2) is 46.0 Å². The van der Waals surface area contributed by atoms with Crippen LogP contribution in [0.3, 0.4) is 0 Å². The zero-order chi connectivity index (χ0) is 18.1. The minimum absolute atomic E-state index is 0.244. The molecule has 2 aromatic heterocycles. The van der Waals surface area contributed by atoms with E-state index in [0.717, 1.165) is 35.0 Å². The Kier molecular flexibility index (Phi) is 4.50. The Morgan fingerprint density at radius 1 is 1.35 bits per heavy atom. The highest BCUT2D eigenvalue weighted by Crippen LogP contribution is 2.34. The summed E-state index contributed by atoms with van der Waals surface area (Å²) < 4.78 is 23.6. The number of halogens is 1. The Morgan fingerprint density at radius 3 is 2.88 bits per heavy atom. The van der Waals surface area contributed by atoms with Crippen LogP contribution in [0.2, 0.25) is 0 Å². The van der Waals surface area contributed by atoms with Gasteiger partial charge in [-0.05, 0) is 24.5 Å². The van der Waals surface area contributed by atoms with Gasteiger partial charge in [0.25, 0.3) is 0 Å². The molecule has 0 unspecified atom stereocenters. The number of methoxy groups -OCH3 is 1. The predicted octanol–water partition coefficient (Wildman–Crippen LogP) is 3.82. The van der Waals surface area contributed by atoms with Gasteiger partial charge in [0.1, 0.15) is 5.82 Å². The Balaban J connectivity index is 1.48. The average molecular weight is 372 g/mol. The molecule has 0 saturated carbocycles. The molecule has 26 heavy (non-hydrogen) atoms. The van der Waals surface area contributed by atoms with E-state index in [4.69, 9.17) is 9.26 Å². The second-order valence-electron chi connectivity index (χ2n) is 5.97. The summed E-state index contributed by atoms with van der Waals surface area (Å²) in [5, 5.41) is 5.94. The standard InChI is InChI=1S/C18H17FN4O2S/c1-24-16-6-4-13(8-20-16)21-18(26-2)23-9-11(10-23)17-14-5-3-12(19)7-15(14)25-22-17/h3-8,11H,9-10H2,1-2H3/b21-18+. The highest BCUT2D eigenvalue weighted by Gasteiger charge is 2.33. The fourth-order valence-electron chi connectivity index (χ4n) is 2.95. The molecule has 1 aromatic carbocycles. The summed E-state index contributed by atoms with van der Waals surface area (Å²) in [7, 11) is 1.58. The number of nitrogens with zero attached hydrogens (tertiary/aromatic N) is 4. The van der Waals surface area contributed by atoms with Gasteiger partial charge in [-0.3, -0.25) is 0 Å². The predicted molar refractivity (Wildman–Crippen MR) is 99.7 cm³/mol. The van der Waals surface area contributed by atoms with Crippen LogP contribution in [0.25, 0.3) is 11.0 Å². The zero-order valence-corrected chi connectivity index (χ0v) is 15.2. The monoisotopic (exact) mass is 372 g/mol. The quantitative estimate of drug-likeness (QED) is 0.514. The van der Waals surface area contributed by atoms with Gasteiger partial charge in [-0.15, -0.1) is 0 Å². The number of benzene rings is 1. The van der Waals surface area contributed by atoms with Crippen LogP contribution < -0.4 is 4.74 Å². The molecule has 3 aromatic rings. The molecule has 1 aliphatic heterocycles. The minimum atomic E-state index is -0.319. The van der Waals surface area contributed by atoms with Crippen LogP contribution in [0.4, 0.5) is 10.1 Å². The Labute approximate surface area is 154 Å². The lowest BCUT2D eigenvalue weighted by Crippen LogP contribution is -2.47. The lowest BCUT2D eigenvalue weighted by Gasteiger charge is -2.39. The third kappa shape index (κ3) is 3.12. The molecule has 0 radical (unpaired) electrons. The van der Waals surface area contributed by atoms with Crippen molar-refractivity contribution in [3.05, 3.63) is 48.0 Å². The van der Waals surface area contributed by atoms with E-state index in [-0.39, 0.29) is 11.7 Å². The van der Waals surface area contributed by atoms with Gasteiger partial charge in [-0.25, -0.2) is 14.4 Å². The second-order valence-corrected chi connectivity index (χ2v) is 6.74. The first-order valence-corrected chi connectivity index (χ1v) is 9.33. The minimum Gasteiger partial charge on any atom is -0.481 e. The van der Waals surface area contributed by atoms with Crippen molar-refractivity contribution in [2.75, 3.05) is 26.5 Å². The van der Waals surface area contributed by atoms with Crippen LogP contribution in [-0.2, 0) is 0 Å². The van der Waals surface area contributed by atoms with Gasteiger partial charge in [0.15, 0.2) is 10.8 Å².